The van der Waals surface area contributed by atoms with Crippen molar-refractivity contribution in [3.05, 3.63) is 52.6 Å². The number of anilines is 2. The SMILES string of the molecule is CNc1nc(NCCc2ccc(Cl)cc2)c(F)cc1F. The van der Waals surface area contributed by atoms with Gasteiger partial charge in [-0.15, -0.1) is 0 Å². The lowest BCUT2D eigenvalue weighted by Crippen LogP contribution is -2.10. The van der Waals surface area contributed by atoms with Gasteiger partial charge in [0, 0.05) is 24.7 Å². The van der Waals surface area contributed by atoms with Crippen molar-refractivity contribution in [2.45, 2.75) is 6.42 Å². The van der Waals surface area contributed by atoms with Crippen LogP contribution in [0.3, 0.4) is 0 Å². The normalized spacial score (nSPS) is 10.4. The van der Waals surface area contributed by atoms with E-state index in [1.54, 1.807) is 12.1 Å². The second-order valence-corrected chi connectivity index (χ2v) is 4.64. The monoisotopic (exact) mass is 297 g/mol. The topological polar surface area (TPSA) is 37.0 Å². The molecule has 20 heavy (non-hydrogen) atoms. The minimum atomic E-state index is -0.715. The van der Waals surface area contributed by atoms with Gasteiger partial charge in [-0.2, -0.15) is 0 Å². The minimum Gasteiger partial charge on any atom is -0.371 e. The standard InChI is InChI=1S/C14H14ClF2N3/c1-18-13-11(16)8-12(17)14(20-13)19-7-6-9-2-4-10(15)5-3-9/h2-5,8H,6-7H2,1H3,(H2,18,19,20). The van der Waals surface area contributed by atoms with Gasteiger partial charge in [0.05, 0.1) is 0 Å². The highest BCUT2D eigenvalue weighted by molar-refractivity contribution is 6.30. The van der Waals surface area contributed by atoms with Crippen molar-refractivity contribution >= 4 is 23.2 Å². The molecular formula is C14H14ClF2N3. The van der Waals surface area contributed by atoms with Gasteiger partial charge in [0.25, 0.3) is 0 Å². The van der Waals surface area contributed by atoms with E-state index in [1.165, 1.54) is 7.05 Å². The molecule has 0 atom stereocenters. The maximum atomic E-state index is 13.5. The Hall–Kier alpha value is -1.88. The van der Waals surface area contributed by atoms with Crippen LogP contribution in [0.5, 0.6) is 0 Å². The summed E-state index contributed by atoms with van der Waals surface area (Å²) in [4.78, 5) is 3.84. The number of nitrogens with one attached hydrogen (secondary N) is 2. The Labute approximate surface area is 121 Å². The van der Waals surface area contributed by atoms with E-state index in [4.69, 9.17) is 11.6 Å². The second-order valence-electron chi connectivity index (χ2n) is 4.20. The predicted molar refractivity (Wildman–Crippen MR) is 77.3 cm³/mol. The van der Waals surface area contributed by atoms with Crippen molar-refractivity contribution in [1.29, 1.82) is 0 Å². The highest BCUT2D eigenvalue weighted by atomic mass is 35.5. The van der Waals surface area contributed by atoms with Crippen molar-refractivity contribution in [2.24, 2.45) is 0 Å². The third kappa shape index (κ3) is 3.57. The molecule has 0 fully saturated rings. The zero-order valence-electron chi connectivity index (χ0n) is 10.9. The summed E-state index contributed by atoms with van der Waals surface area (Å²) in [6, 6.07) is 8.21. The lowest BCUT2D eigenvalue weighted by Gasteiger charge is -2.09. The number of benzene rings is 1. The molecule has 0 aliphatic rings. The number of nitrogens with zero attached hydrogens (tertiary/aromatic N) is 1. The van der Waals surface area contributed by atoms with E-state index in [9.17, 15) is 8.78 Å². The summed E-state index contributed by atoms with van der Waals surface area (Å²) < 4.78 is 26.8. The molecule has 0 amide bonds. The van der Waals surface area contributed by atoms with E-state index in [2.05, 4.69) is 15.6 Å². The van der Waals surface area contributed by atoms with Gasteiger partial charge in [-0.3, -0.25) is 0 Å². The Morgan fingerprint density at radius 2 is 1.75 bits per heavy atom. The molecule has 1 aromatic heterocycles. The largest absolute Gasteiger partial charge is 0.371 e. The first-order chi connectivity index (χ1) is 9.60. The molecule has 0 saturated carbocycles. The van der Waals surface area contributed by atoms with Crippen LogP contribution in [0.2, 0.25) is 5.02 Å². The Morgan fingerprint density at radius 1 is 1.10 bits per heavy atom. The Balaban J connectivity index is 1.98. The fourth-order valence-corrected chi connectivity index (χ4v) is 1.87. The van der Waals surface area contributed by atoms with E-state index in [0.717, 1.165) is 11.6 Å². The van der Waals surface area contributed by atoms with Crippen LogP contribution < -0.4 is 10.6 Å². The zero-order valence-corrected chi connectivity index (χ0v) is 11.6. The first kappa shape index (κ1) is 14.5. The molecule has 1 aromatic carbocycles. The Bertz CT molecular complexity index is 588. The van der Waals surface area contributed by atoms with E-state index >= 15 is 0 Å². The number of pyridine rings is 1. The van der Waals surface area contributed by atoms with Crippen molar-refractivity contribution in [3.8, 4) is 0 Å². The molecule has 2 N–H and O–H groups in total. The predicted octanol–water partition coefficient (Wildman–Crippen LogP) is 3.71. The van der Waals surface area contributed by atoms with Gasteiger partial charge in [-0.1, -0.05) is 23.7 Å². The Morgan fingerprint density at radius 3 is 2.40 bits per heavy atom. The summed E-state index contributed by atoms with van der Waals surface area (Å²) in [5.74, 6) is -1.38. The van der Waals surface area contributed by atoms with Crippen LogP contribution in [-0.4, -0.2) is 18.6 Å². The van der Waals surface area contributed by atoms with Crippen LogP contribution in [0, 0.1) is 11.6 Å². The molecule has 2 aromatic rings. The first-order valence-corrected chi connectivity index (χ1v) is 6.50. The average Bonchev–Trinajstić information content (AvgIpc) is 2.43. The number of halogens is 3. The highest BCUT2D eigenvalue weighted by Crippen LogP contribution is 2.18. The first-order valence-electron chi connectivity index (χ1n) is 6.12. The van der Waals surface area contributed by atoms with E-state index in [-0.39, 0.29) is 11.6 Å². The van der Waals surface area contributed by atoms with Crippen LogP contribution in [0.15, 0.2) is 30.3 Å². The zero-order chi connectivity index (χ0) is 14.5. The van der Waals surface area contributed by atoms with E-state index in [0.29, 0.717) is 18.0 Å². The molecular weight excluding hydrogens is 284 g/mol. The summed E-state index contributed by atoms with van der Waals surface area (Å²) in [7, 11) is 1.53. The van der Waals surface area contributed by atoms with Gasteiger partial charge >= 0.3 is 0 Å². The molecule has 0 spiro atoms. The maximum absolute atomic E-state index is 13.5. The third-order valence-electron chi connectivity index (χ3n) is 2.79. The molecule has 2 rings (SSSR count). The molecule has 0 bridgehead atoms. The molecule has 3 nitrogen and oxygen atoms in total. The second kappa shape index (κ2) is 6.52. The van der Waals surface area contributed by atoms with Crippen LogP contribution in [0.25, 0.3) is 0 Å². The maximum Gasteiger partial charge on any atom is 0.168 e. The molecule has 0 unspecified atom stereocenters. The summed E-state index contributed by atoms with van der Waals surface area (Å²) in [6.07, 6.45) is 0.685. The van der Waals surface area contributed by atoms with Crippen molar-refractivity contribution in [3.63, 3.8) is 0 Å². The van der Waals surface area contributed by atoms with Gasteiger partial charge in [0.15, 0.2) is 23.3 Å². The van der Waals surface area contributed by atoms with E-state index < -0.39 is 11.6 Å². The van der Waals surface area contributed by atoms with Gasteiger partial charge < -0.3 is 10.6 Å². The molecule has 106 valence electrons. The Kier molecular flexibility index (Phi) is 4.74. The van der Waals surface area contributed by atoms with Gasteiger partial charge in [-0.05, 0) is 24.1 Å². The quantitative estimate of drug-likeness (QED) is 0.883. The number of hydrogen-bond acceptors (Lipinski definition) is 3. The summed E-state index contributed by atoms with van der Waals surface area (Å²) >= 11 is 5.79. The average molecular weight is 298 g/mol. The van der Waals surface area contributed by atoms with Gasteiger partial charge in [0.1, 0.15) is 0 Å². The summed E-state index contributed by atoms with van der Waals surface area (Å²) in [5.41, 5.74) is 1.07. The van der Waals surface area contributed by atoms with Crippen LogP contribution in [-0.2, 0) is 6.42 Å². The van der Waals surface area contributed by atoms with Crippen LogP contribution in [0.1, 0.15) is 5.56 Å². The van der Waals surface area contributed by atoms with E-state index in [1.807, 2.05) is 12.1 Å². The molecule has 0 radical (unpaired) electrons. The summed E-state index contributed by atoms with van der Waals surface area (Å²) in [6.45, 7) is 0.486. The molecule has 0 aliphatic heterocycles. The molecule has 6 heteroatoms. The molecule has 0 saturated heterocycles. The fourth-order valence-electron chi connectivity index (χ4n) is 1.74. The molecule has 1 heterocycles. The molecule has 0 aliphatic carbocycles. The fraction of sp³-hybridized carbons (Fsp3) is 0.214. The van der Waals surface area contributed by atoms with Crippen LogP contribution in [0.4, 0.5) is 20.4 Å². The lowest BCUT2D eigenvalue weighted by molar-refractivity contribution is 0.578. The number of hydrogen-bond donors (Lipinski definition) is 2. The number of aromatic nitrogens is 1. The minimum absolute atomic E-state index is 0.0143. The smallest absolute Gasteiger partial charge is 0.168 e. The van der Waals surface area contributed by atoms with Gasteiger partial charge in [-0.25, -0.2) is 13.8 Å². The van der Waals surface area contributed by atoms with Crippen molar-refractivity contribution in [1.82, 2.24) is 4.98 Å². The number of rotatable bonds is 5. The van der Waals surface area contributed by atoms with Crippen LogP contribution >= 0.6 is 11.6 Å². The third-order valence-corrected chi connectivity index (χ3v) is 3.04. The summed E-state index contributed by atoms with van der Waals surface area (Å²) in [5, 5.41) is 6.09. The van der Waals surface area contributed by atoms with Gasteiger partial charge in [0.2, 0.25) is 0 Å². The lowest BCUT2D eigenvalue weighted by atomic mass is 10.1. The highest BCUT2D eigenvalue weighted by Gasteiger charge is 2.10. The van der Waals surface area contributed by atoms with Crippen molar-refractivity contribution in [2.75, 3.05) is 24.2 Å². The van der Waals surface area contributed by atoms with Crippen molar-refractivity contribution < 1.29 is 8.78 Å².